The second kappa shape index (κ2) is 4.80. The lowest BCUT2D eigenvalue weighted by molar-refractivity contribution is 0.327. The van der Waals surface area contributed by atoms with Gasteiger partial charge in [-0.3, -0.25) is 4.90 Å². The van der Waals surface area contributed by atoms with Gasteiger partial charge in [-0.2, -0.15) is 11.8 Å². The minimum absolute atomic E-state index is 0.629. The zero-order valence-corrected chi connectivity index (χ0v) is 7.70. The lowest BCUT2D eigenvalue weighted by atomic mass is 10.3. The summed E-state index contributed by atoms with van der Waals surface area (Å²) >= 11 is 2.03. The van der Waals surface area contributed by atoms with Crippen molar-refractivity contribution in [2.45, 2.75) is 0 Å². The van der Waals surface area contributed by atoms with E-state index in [2.05, 4.69) is 11.5 Å². The highest BCUT2D eigenvalue weighted by Gasteiger charge is 2.09. The van der Waals surface area contributed by atoms with Crippen LogP contribution < -0.4 is 5.73 Å². The third-order valence-electron chi connectivity index (χ3n) is 1.84. The first-order valence-corrected chi connectivity index (χ1v) is 5.15. The van der Waals surface area contributed by atoms with Crippen LogP contribution in [0.4, 0.5) is 0 Å². The van der Waals surface area contributed by atoms with Crippen LogP contribution in [0, 0.1) is 0 Å². The summed E-state index contributed by atoms with van der Waals surface area (Å²) in [6, 6.07) is 0. The second-order valence-corrected chi connectivity index (χ2v) is 4.07. The van der Waals surface area contributed by atoms with Crippen LogP contribution in [0.15, 0.2) is 12.2 Å². The van der Waals surface area contributed by atoms with E-state index in [4.69, 9.17) is 5.73 Å². The number of rotatable bonds is 3. The van der Waals surface area contributed by atoms with Crippen LogP contribution in [0.5, 0.6) is 0 Å². The minimum Gasteiger partial charge on any atom is -0.327 e. The van der Waals surface area contributed by atoms with E-state index in [1.807, 2.05) is 11.8 Å². The Bertz CT molecular complexity index is 130. The van der Waals surface area contributed by atoms with Crippen LogP contribution in [-0.2, 0) is 0 Å². The van der Waals surface area contributed by atoms with Crippen LogP contribution in [0.2, 0.25) is 0 Å². The van der Waals surface area contributed by atoms with E-state index in [-0.39, 0.29) is 0 Å². The largest absolute Gasteiger partial charge is 0.327 e. The highest BCUT2D eigenvalue weighted by atomic mass is 32.2. The molecule has 2 nitrogen and oxygen atoms in total. The molecule has 0 aromatic carbocycles. The summed E-state index contributed by atoms with van der Waals surface area (Å²) in [6.45, 7) is 7.92. The normalized spacial score (nSPS) is 20.1. The molecular weight excluding hydrogens is 156 g/mol. The standard InChI is InChI=1S/C8H16N2S/c1-8(6-9)7-10-2-4-11-5-3-10/h1-7,9H2. The van der Waals surface area contributed by atoms with Gasteiger partial charge in [-0.15, -0.1) is 0 Å². The van der Waals surface area contributed by atoms with Crippen molar-refractivity contribution in [1.82, 2.24) is 4.90 Å². The molecule has 0 unspecified atom stereocenters. The summed E-state index contributed by atoms with van der Waals surface area (Å²) in [5.74, 6) is 2.52. The van der Waals surface area contributed by atoms with Crippen molar-refractivity contribution in [1.29, 1.82) is 0 Å². The molecule has 0 bridgehead atoms. The molecule has 1 aliphatic heterocycles. The van der Waals surface area contributed by atoms with Crippen LogP contribution in [0.25, 0.3) is 0 Å². The quantitative estimate of drug-likeness (QED) is 0.630. The highest BCUT2D eigenvalue weighted by Crippen LogP contribution is 2.09. The Morgan fingerprint density at radius 2 is 2.09 bits per heavy atom. The van der Waals surface area contributed by atoms with Gasteiger partial charge < -0.3 is 5.73 Å². The van der Waals surface area contributed by atoms with Gasteiger partial charge in [-0.05, 0) is 5.57 Å². The number of nitrogens with two attached hydrogens (primary N) is 1. The molecular formula is C8H16N2S. The van der Waals surface area contributed by atoms with Gasteiger partial charge in [0.05, 0.1) is 0 Å². The monoisotopic (exact) mass is 172 g/mol. The summed E-state index contributed by atoms with van der Waals surface area (Å²) in [6.07, 6.45) is 0. The van der Waals surface area contributed by atoms with Crippen molar-refractivity contribution in [3.63, 3.8) is 0 Å². The molecule has 1 fully saturated rings. The molecule has 0 aliphatic carbocycles. The van der Waals surface area contributed by atoms with Gasteiger partial charge in [0.25, 0.3) is 0 Å². The topological polar surface area (TPSA) is 29.3 Å². The summed E-state index contributed by atoms with van der Waals surface area (Å²) in [5, 5.41) is 0. The average molecular weight is 172 g/mol. The van der Waals surface area contributed by atoms with Crippen LogP contribution >= 0.6 is 11.8 Å². The molecule has 1 aliphatic rings. The molecule has 0 amide bonds. The molecule has 0 atom stereocenters. The van der Waals surface area contributed by atoms with Gasteiger partial charge in [0.2, 0.25) is 0 Å². The van der Waals surface area contributed by atoms with Gasteiger partial charge in [-0.25, -0.2) is 0 Å². The van der Waals surface area contributed by atoms with Gasteiger partial charge in [0.15, 0.2) is 0 Å². The Hall–Kier alpha value is 0.0100. The second-order valence-electron chi connectivity index (χ2n) is 2.84. The number of thioether (sulfide) groups is 1. The maximum atomic E-state index is 5.46. The number of hydrogen-bond donors (Lipinski definition) is 1. The minimum atomic E-state index is 0.629. The third-order valence-corrected chi connectivity index (χ3v) is 2.78. The van der Waals surface area contributed by atoms with Crippen molar-refractivity contribution in [2.24, 2.45) is 5.73 Å². The van der Waals surface area contributed by atoms with Crippen LogP contribution in [0.1, 0.15) is 0 Å². The third kappa shape index (κ3) is 3.27. The Kier molecular flexibility index (Phi) is 3.97. The van der Waals surface area contributed by atoms with Gasteiger partial charge >= 0.3 is 0 Å². The SMILES string of the molecule is C=C(CN)CN1CCSCC1. The van der Waals surface area contributed by atoms with Gasteiger partial charge in [-0.1, -0.05) is 6.58 Å². The fraction of sp³-hybridized carbons (Fsp3) is 0.750. The predicted octanol–water partition coefficient (Wildman–Crippen LogP) is 0.550. The molecule has 0 aromatic heterocycles. The van der Waals surface area contributed by atoms with Crippen molar-refractivity contribution < 1.29 is 0 Å². The van der Waals surface area contributed by atoms with Crippen LogP contribution in [-0.4, -0.2) is 42.6 Å². The average Bonchev–Trinajstić information content (AvgIpc) is 2.06. The molecule has 1 saturated heterocycles. The first-order valence-electron chi connectivity index (χ1n) is 3.99. The van der Waals surface area contributed by atoms with E-state index < -0.39 is 0 Å². The van der Waals surface area contributed by atoms with Crippen molar-refractivity contribution in [2.75, 3.05) is 37.7 Å². The van der Waals surface area contributed by atoms with Crippen LogP contribution in [0.3, 0.4) is 0 Å². The Balaban J connectivity index is 2.19. The maximum absolute atomic E-state index is 5.46. The van der Waals surface area contributed by atoms with Crippen molar-refractivity contribution in [3.05, 3.63) is 12.2 Å². The van der Waals surface area contributed by atoms with Gasteiger partial charge in [0.1, 0.15) is 0 Å². The maximum Gasteiger partial charge on any atom is 0.0203 e. The Labute approximate surface area is 72.8 Å². The molecule has 0 aromatic rings. The lowest BCUT2D eigenvalue weighted by Gasteiger charge is -2.26. The predicted molar refractivity (Wildman–Crippen MR) is 52.0 cm³/mol. The molecule has 0 radical (unpaired) electrons. The summed E-state index contributed by atoms with van der Waals surface area (Å²) in [5.41, 5.74) is 6.61. The lowest BCUT2D eigenvalue weighted by Crippen LogP contribution is -2.35. The summed E-state index contributed by atoms with van der Waals surface area (Å²) in [7, 11) is 0. The first-order chi connectivity index (χ1) is 5.33. The zero-order valence-electron chi connectivity index (χ0n) is 6.88. The molecule has 2 N–H and O–H groups in total. The van der Waals surface area contributed by atoms with E-state index in [1.54, 1.807) is 0 Å². The zero-order chi connectivity index (χ0) is 8.10. The number of nitrogens with zero attached hydrogens (tertiary/aromatic N) is 1. The molecule has 1 rings (SSSR count). The van der Waals surface area contributed by atoms with E-state index >= 15 is 0 Å². The summed E-state index contributed by atoms with van der Waals surface area (Å²) < 4.78 is 0. The Morgan fingerprint density at radius 3 is 2.64 bits per heavy atom. The molecule has 64 valence electrons. The molecule has 0 saturated carbocycles. The molecule has 0 spiro atoms. The molecule has 1 heterocycles. The first kappa shape index (κ1) is 9.10. The Morgan fingerprint density at radius 1 is 1.45 bits per heavy atom. The number of hydrogen-bond acceptors (Lipinski definition) is 3. The smallest absolute Gasteiger partial charge is 0.0203 e. The highest BCUT2D eigenvalue weighted by molar-refractivity contribution is 7.99. The molecule has 11 heavy (non-hydrogen) atoms. The van der Waals surface area contributed by atoms with Gasteiger partial charge in [0, 0.05) is 37.7 Å². The van der Waals surface area contributed by atoms with Crippen molar-refractivity contribution in [3.8, 4) is 0 Å². The van der Waals surface area contributed by atoms with E-state index in [9.17, 15) is 0 Å². The fourth-order valence-electron chi connectivity index (χ4n) is 1.14. The van der Waals surface area contributed by atoms with Crippen molar-refractivity contribution >= 4 is 11.8 Å². The van der Waals surface area contributed by atoms with E-state index in [0.717, 1.165) is 12.1 Å². The fourth-order valence-corrected chi connectivity index (χ4v) is 2.12. The molecule has 3 heteroatoms. The van der Waals surface area contributed by atoms with E-state index in [1.165, 1.54) is 24.6 Å². The van der Waals surface area contributed by atoms with E-state index in [0.29, 0.717) is 6.54 Å². The summed E-state index contributed by atoms with van der Waals surface area (Å²) in [4.78, 5) is 2.42.